The summed E-state index contributed by atoms with van der Waals surface area (Å²) in [6.45, 7) is 0. The van der Waals surface area contributed by atoms with Crippen LogP contribution in [0.5, 0.6) is 0 Å². The molecular formula is C54H26F12N4. The summed E-state index contributed by atoms with van der Waals surface area (Å²) in [6, 6.07) is 39.5. The molecule has 0 radical (unpaired) electrons. The number of hydrogen-bond acceptors (Lipinski definition) is 2. The maximum Gasteiger partial charge on any atom is 0.416 e. The van der Waals surface area contributed by atoms with Crippen LogP contribution in [0.1, 0.15) is 33.4 Å². The molecule has 2 heterocycles. The molecule has 16 heteroatoms. The molecule has 0 atom stereocenters. The maximum atomic E-state index is 14.0. The van der Waals surface area contributed by atoms with Gasteiger partial charge in [-0.15, -0.1) is 0 Å². The summed E-state index contributed by atoms with van der Waals surface area (Å²) >= 11 is 0. The van der Waals surface area contributed by atoms with Crippen LogP contribution >= 0.6 is 0 Å². The standard InChI is InChI=1S/C54H26F12N4/c55-51(56,57)36-17-33(18-37(24-36)52(58,59)60)30-12-14-47-43(21-30)40-8-1-3-10-45(40)69(47)49-23-35(28-68)42(32-7-5-6-29(16-32)27-67)26-50(49)70-46-11-4-2-9-41(46)44-22-31(13-15-48(44)70)34-19-38(53(61,62)63)25-39(20-34)54(64,65)66/h1-26H. The number of halogens is 12. The van der Waals surface area contributed by atoms with Gasteiger partial charge in [-0.1, -0.05) is 60.7 Å². The van der Waals surface area contributed by atoms with Crippen LogP contribution in [0.4, 0.5) is 52.7 Å². The molecule has 0 amide bonds. The van der Waals surface area contributed by atoms with E-state index in [1.165, 1.54) is 24.3 Å². The minimum atomic E-state index is -5.10. The lowest BCUT2D eigenvalue weighted by atomic mass is 9.96. The van der Waals surface area contributed by atoms with Crippen molar-refractivity contribution >= 4 is 43.6 Å². The van der Waals surface area contributed by atoms with E-state index in [9.17, 15) is 63.2 Å². The number of benzene rings is 8. The van der Waals surface area contributed by atoms with Crippen LogP contribution in [-0.2, 0) is 24.7 Å². The van der Waals surface area contributed by atoms with Crippen molar-refractivity contribution in [1.29, 1.82) is 10.5 Å². The van der Waals surface area contributed by atoms with E-state index in [1.54, 1.807) is 102 Å². The van der Waals surface area contributed by atoms with Crippen molar-refractivity contribution in [1.82, 2.24) is 9.13 Å². The van der Waals surface area contributed by atoms with Crippen LogP contribution in [-0.4, -0.2) is 9.13 Å². The monoisotopic (exact) mass is 958 g/mol. The smallest absolute Gasteiger partial charge is 0.307 e. The molecule has 0 aliphatic carbocycles. The second-order valence-corrected chi connectivity index (χ2v) is 16.4. The molecule has 0 aliphatic rings. The Kier molecular flexibility index (Phi) is 10.4. The summed E-state index contributed by atoms with van der Waals surface area (Å²) < 4.78 is 172. The van der Waals surface area contributed by atoms with E-state index in [1.807, 2.05) is 4.57 Å². The summed E-state index contributed by atoms with van der Waals surface area (Å²) in [5, 5.41) is 22.5. The van der Waals surface area contributed by atoms with Crippen LogP contribution < -0.4 is 0 Å². The fourth-order valence-electron chi connectivity index (χ4n) is 9.09. The number of nitriles is 2. The first-order valence-electron chi connectivity index (χ1n) is 20.9. The molecule has 8 aromatic carbocycles. The van der Waals surface area contributed by atoms with E-state index in [4.69, 9.17) is 0 Å². The predicted octanol–water partition coefficient (Wildman–Crippen LogP) is 16.7. The third-order valence-electron chi connectivity index (χ3n) is 12.2. The Morgan fingerprint density at radius 2 is 0.743 bits per heavy atom. The number of rotatable bonds is 5. The predicted molar refractivity (Wildman–Crippen MR) is 241 cm³/mol. The normalized spacial score (nSPS) is 12.5. The highest BCUT2D eigenvalue weighted by Crippen LogP contribution is 2.45. The highest BCUT2D eigenvalue weighted by molar-refractivity contribution is 6.13. The lowest BCUT2D eigenvalue weighted by molar-refractivity contribution is -0.144. The number of nitrogens with zero attached hydrogens (tertiary/aromatic N) is 4. The van der Waals surface area contributed by atoms with Gasteiger partial charge in [0.25, 0.3) is 0 Å². The van der Waals surface area contributed by atoms with Crippen molar-refractivity contribution in [3.63, 3.8) is 0 Å². The van der Waals surface area contributed by atoms with Crippen LogP contribution in [0, 0.1) is 22.7 Å². The summed E-state index contributed by atoms with van der Waals surface area (Å²) in [5.74, 6) is 0. The van der Waals surface area contributed by atoms with Gasteiger partial charge in [0.05, 0.1) is 79.0 Å². The van der Waals surface area contributed by atoms with Crippen LogP contribution in [0.2, 0.25) is 0 Å². The van der Waals surface area contributed by atoms with Gasteiger partial charge in [-0.3, -0.25) is 0 Å². The first-order chi connectivity index (χ1) is 33.1. The first kappa shape index (κ1) is 45.3. The van der Waals surface area contributed by atoms with E-state index in [0.29, 0.717) is 90.4 Å². The van der Waals surface area contributed by atoms with E-state index in [0.717, 1.165) is 0 Å². The molecule has 10 rings (SSSR count). The Morgan fingerprint density at radius 1 is 0.329 bits per heavy atom. The van der Waals surface area contributed by atoms with Crippen molar-refractivity contribution in [2.75, 3.05) is 0 Å². The molecule has 0 fully saturated rings. The fourth-order valence-corrected chi connectivity index (χ4v) is 9.09. The third kappa shape index (κ3) is 7.81. The molecule has 2 aromatic heterocycles. The van der Waals surface area contributed by atoms with Crippen LogP contribution in [0.25, 0.3) is 88.4 Å². The molecule has 0 saturated heterocycles. The lowest BCUT2D eigenvalue weighted by Crippen LogP contribution is -2.11. The molecule has 0 aliphatic heterocycles. The van der Waals surface area contributed by atoms with Gasteiger partial charge in [0.1, 0.15) is 0 Å². The van der Waals surface area contributed by atoms with Gasteiger partial charge in [0.2, 0.25) is 0 Å². The Bertz CT molecular complexity index is 3810. The van der Waals surface area contributed by atoms with Crippen molar-refractivity contribution in [3.05, 3.63) is 191 Å². The quantitative estimate of drug-likeness (QED) is 0.161. The number of fused-ring (bicyclic) bond motifs is 6. The van der Waals surface area contributed by atoms with Gasteiger partial charge < -0.3 is 9.13 Å². The van der Waals surface area contributed by atoms with Crippen molar-refractivity contribution in [3.8, 4) is 56.9 Å². The van der Waals surface area contributed by atoms with Gasteiger partial charge >= 0.3 is 24.7 Å². The number of hydrogen-bond donors (Lipinski definition) is 0. The average molecular weight is 959 g/mol. The first-order valence-corrected chi connectivity index (χ1v) is 20.9. The molecule has 0 spiro atoms. The van der Waals surface area contributed by atoms with Gasteiger partial charge in [0.15, 0.2) is 0 Å². The van der Waals surface area contributed by atoms with Crippen molar-refractivity contribution < 1.29 is 52.7 Å². The van der Waals surface area contributed by atoms with Gasteiger partial charge in [-0.2, -0.15) is 63.2 Å². The summed E-state index contributed by atoms with van der Waals surface area (Å²) in [7, 11) is 0. The largest absolute Gasteiger partial charge is 0.416 e. The highest BCUT2D eigenvalue weighted by atomic mass is 19.4. The molecule has 10 aromatic rings. The summed E-state index contributed by atoms with van der Waals surface area (Å²) in [5.41, 5.74) is -2.71. The maximum absolute atomic E-state index is 14.0. The highest BCUT2D eigenvalue weighted by Gasteiger charge is 2.39. The molecule has 70 heavy (non-hydrogen) atoms. The summed E-state index contributed by atoms with van der Waals surface area (Å²) in [4.78, 5) is 0. The Morgan fingerprint density at radius 3 is 1.16 bits per heavy atom. The van der Waals surface area contributed by atoms with E-state index >= 15 is 0 Å². The number of para-hydroxylation sites is 2. The van der Waals surface area contributed by atoms with E-state index in [-0.39, 0.29) is 45.5 Å². The molecule has 346 valence electrons. The summed E-state index contributed by atoms with van der Waals surface area (Å²) in [6.07, 6.45) is -20.4. The minimum absolute atomic E-state index is 0.0407. The van der Waals surface area contributed by atoms with Gasteiger partial charge in [0, 0.05) is 27.1 Å². The lowest BCUT2D eigenvalue weighted by Gasteiger charge is -2.20. The zero-order valence-corrected chi connectivity index (χ0v) is 35.3. The second-order valence-electron chi connectivity index (χ2n) is 16.4. The topological polar surface area (TPSA) is 57.4 Å². The Labute approximate surface area is 387 Å². The number of alkyl halides is 12. The Hall–Kier alpha value is -8.50. The van der Waals surface area contributed by atoms with Crippen LogP contribution in [0.3, 0.4) is 0 Å². The molecule has 0 N–H and O–H groups in total. The van der Waals surface area contributed by atoms with Crippen molar-refractivity contribution in [2.24, 2.45) is 0 Å². The van der Waals surface area contributed by atoms with E-state index in [2.05, 4.69) is 12.1 Å². The second kappa shape index (κ2) is 16.1. The van der Waals surface area contributed by atoms with E-state index < -0.39 is 47.0 Å². The zero-order chi connectivity index (χ0) is 49.7. The third-order valence-corrected chi connectivity index (χ3v) is 12.2. The molecule has 0 unspecified atom stereocenters. The molecule has 0 saturated carbocycles. The van der Waals surface area contributed by atoms with Crippen LogP contribution in [0.15, 0.2) is 158 Å². The van der Waals surface area contributed by atoms with Gasteiger partial charge in [-0.25, -0.2) is 0 Å². The fraction of sp³-hybridized carbons (Fsp3) is 0.0741. The van der Waals surface area contributed by atoms with Gasteiger partial charge in [-0.05, 0) is 125 Å². The Balaban J connectivity index is 1.27. The van der Waals surface area contributed by atoms with Crippen molar-refractivity contribution in [2.45, 2.75) is 24.7 Å². The average Bonchev–Trinajstić information content (AvgIpc) is 3.84. The number of aromatic nitrogens is 2. The molecular weight excluding hydrogens is 933 g/mol. The SMILES string of the molecule is N#Cc1cccc(-c2cc(-n3c4ccccc4c4cc(-c5cc(C(F)(F)F)cc(C(F)(F)F)c5)ccc43)c(-n3c4ccccc4c4cc(-c5cc(C(F)(F)F)cc(C(F)(F)F)c5)ccc43)cc2C#N)c1. The molecule has 0 bridgehead atoms. The molecule has 4 nitrogen and oxygen atoms in total. The zero-order valence-electron chi connectivity index (χ0n) is 35.3. The minimum Gasteiger partial charge on any atom is -0.307 e.